The fraction of sp³-hybridized carbons (Fsp3) is 0.438. The summed E-state index contributed by atoms with van der Waals surface area (Å²) in [5.74, 6) is -1.02. The molecule has 0 radical (unpaired) electrons. The van der Waals surface area contributed by atoms with E-state index in [1.807, 2.05) is 55.1 Å². The van der Waals surface area contributed by atoms with E-state index in [0.29, 0.717) is 29.2 Å². The van der Waals surface area contributed by atoms with Gasteiger partial charge in [-0.1, -0.05) is 52.0 Å². The molecule has 0 bridgehead atoms. The third kappa shape index (κ3) is 6.11. The minimum absolute atomic E-state index is 0.0594. The molecule has 2 heterocycles. The molecule has 1 aliphatic heterocycles. The summed E-state index contributed by atoms with van der Waals surface area (Å²) in [6.07, 6.45) is 3.10. The summed E-state index contributed by atoms with van der Waals surface area (Å²) in [6, 6.07) is 14.4. The van der Waals surface area contributed by atoms with Crippen molar-refractivity contribution < 1.29 is 23.9 Å². The third-order valence-electron chi connectivity index (χ3n) is 8.22. The van der Waals surface area contributed by atoms with Crippen LogP contribution in [-0.2, 0) is 9.59 Å². The number of rotatable bonds is 10. The van der Waals surface area contributed by atoms with Crippen molar-refractivity contribution in [3.63, 3.8) is 0 Å². The van der Waals surface area contributed by atoms with Crippen molar-refractivity contribution in [1.29, 1.82) is 0 Å². The third-order valence-corrected chi connectivity index (χ3v) is 8.22. The van der Waals surface area contributed by atoms with Crippen molar-refractivity contribution >= 4 is 34.5 Å². The average Bonchev–Trinajstić information content (AvgIpc) is 3.47. The Morgan fingerprint density at radius 3 is 2.45 bits per heavy atom. The molecule has 3 aromatic rings. The number of hydrogen-bond acceptors (Lipinski definition) is 5. The number of benzene rings is 2. The van der Waals surface area contributed by atoms with Crippen LogP contribution in [0, 0.1) is 11.3 Å². The zero-order chi connectivity index (χ0) is 29.2. The fourth-order valence-electron chi connectivity index (χ4n) is 5.10. The van der Waals surface area contributed by atoms with E-state index < -0.39 is 11.6 Å². The number of aliphatic imine (C=N–C) groups is 1. The van der Waals surface area contributed by atoms with E-state index >= 15 is 0 Å². The van der Waals surface area contributed by atoms with Crippen LogP contribution in [0.3, 0.4) is 0 Å². The van der Waals surface area contributed by atoms with Gasteiger partial charge in [0.2, 0.25) is 0 Å². The Labute approximate surface area is 235 Å². The maximum Gasteiger partial charge on any atom is 0.305 e. The second-order valence-corrected chi connectivity index (χ2v) is 12.0. The van der Waals surface area contributed by atoms with Gasteiger partial charge in [-0.05, 0) is 67.9 Å². The molecular weight excluding hydrogens is 506 g/mol. The smallest absolute Gasteiger partial charge is 0.305 e. The van der Waals surface area contributed by atoms with E-state index in [2.05, 4.69) is 33.0 Å². The van der Waals surface area contributed by atoms with E-state index in [0.717, 1.165) is 22.9 Å². The van der Waals surface area contributed by atoms with E-state index in [1.165, 1.54) is 0 Å². The van der Waals surface area contributed by atoms with Gasteiger partial charge in [-0.3, -0.25) is 19.4 Å². The summed E-state index contributed by atoms with van der Waals surface area (Å²) in [5, 5.41) is 12.4. The topological polar surface area (TPSA) is 112 Å². The molecule has 0 spiro atoms. The van der Waals surface area contributed by atoms with Crippen LogP contribution in [0.25, 0.3) is 11.0 Å². The van der Waals surface area contributed by atoms with Gasteiger partial charge >= 0.3 is 5.97 Å². The first-order valence-corrected chi connectivity index (χ1v) is 13.8. The average molecular weight is 546 g/mol. The van der Waals surface area contributed by atoms with Gasteiger partial charge in [-0.25, -0.2) is 0 Å². The highest BCUT2D eigenvalue weighted by molar-refractivity contribution is 6.47. The van der Waals surface area contributed by atoms with Crippen molar-refractivity contribution in [2.24, 2.45) is 16.3 Å². The Kier molecular flexibility index (Phi) is 8.19. The van der Waals surface area contributed by atoms with Crippen LogP contribution >= 0.6 is 0 Å². The van der Waals surface area contributed by atoms with Crippen LogP contribution in [0.4, 0.5) is 0 Å². The standard InChI is InChI=1S/C32H39N3O5/c1-20(31(3,4)5)13-16-32(6)34-28(25-12-9-23-15-18-40-26(23)19-25)30(39)35(32)21(2)22-7-10-24(11-8-22)29(38)33-17-14-27(36)37/h7-12,15,18-21H,13-14,16-17H2,1-6H3,(H,33,38)(H,36,37). The highest BCUT2D eigenvalue weighted by Gasteiger charge is 2.46. The number of carboxylic acid groups (broad SMARTS) is 1. The molecule has 2 N–H and O–H groups in total. The molecule has 3 atom stereocenters. The number of fused-ring (bicyclic) bond motifs is 1. The Morgan fingerprint density at radius 2 is 1.80 bits per heavy atom. The van der Waals surface area contributed by atoms with Crippen molar-refractivity contribution in [1.82, 2.24) is 10.2 Å². The SMILES string of the molecule is CC(c1ccc(C(=O)NCCC(=O)O)cc1)N1C(=O)C(c2ccc3ccoc3c2)=NC1(C)CCC(C)C(C)(C)C. The number of nitrogens with zero attached hydrogens (tertiary/aromatic N) is 2. The van der Waals surface area contributed by atoms with Gasteiger partial charge in [0, 0.05) is 23.1 Å². The first kappa shape index (κ1) is 29.1. The van der Waals surface area contributed by atoms with Gasteiger partial charge in [0.25, 0.3) is 11.8 Å². The monoisotopic (exact) mass is 545 g/mol. The molecular formula is C32H39N3O5. The minimum Gasteiger partial charge on any atom is -0.481 e. The number of nitrogens with one attached hydrogen (secondary N) is 1. The zero-order valence-corrected chi connectivity index (χ0v) is 24.2. The molecule has 2 aromatic carbocycles. The van der Waals surface area contributed by atoms with Crippen LogP contribution < -0.4 is 5.32 Å². The second-order valence-electron chi connectivity index (χ2n) is 12.0. The Bertz CT molecular complexity index is 1430. The largest absolute Gasteiger partial charge is 0.481 e. The van der Waals surface area contributed by atoms with Crippen molar-refractivity contribution in [3.8, 4) is 0 Å². The number of carbonyl (C=O) groups excluding carboxylic acids is 2. The highest BCUT2D eigenvalue weighted by Crippen LogP contribution is 2.41. The molecule has 3 unspecified atom stereocenters. The maximum absolute atomic E-state index is 14.1. The van der Waals surface area contributed by atoms with Gasteiger partial charge in [0.1, 0.15) is 17.0 Å². The van der Waals surface area contributed by atoms with Gasteiger partial charge in [-0.2, -0.15) is 0 Å². The van der Waals surface area contributed by atoms with E-state index in [4.69, 9.17) is 14.5 Å². The number of carboxylic acids is 1. The predicted octanol–water partition coefficient (Wildman–Crippen LogP) is 6.21. The van der Waals surface area contributed by atoms with Crippen LogP contribution in [0.15, 0.2) is 64.2 Å². The normalized spacial score (nSPS) is 19.0. The maximum atomic E-state index is 14.1. The first-order chi connectivity index (χ1) is 18.8. The lowest BCUT2D eigenvalue weighted by molar-refractivity contribution is -0.136. The van der Waals surface area contributed by atoms with Gasteiger partial charge < -0.3 is 19.7 Å². The summed E-state index contributed by atoms with van der Waals surface area (Å²) in [4.78, 5) is 44.2. The molecule has 0 fully saturated rings. The zero-order valence-electron chi connectivity index (χ0n) is 24.2. The molecule has 8 heteroatoms. The van der Waals surface area contributed by atoms with Crippen molar-refractivity contribution in [3.05, 3.63) is 71.5 Å². The lowest BCUT2D eigenvalue weighted by atomic mass is 9.78. The summed E-state index contributed by atoms with van der Waals surface area (Å²) >= 11 is 0. The van der Waals surface area contributed by atoms with Gasteiger partial charge in [0.05, 0.1) is 18.7 Å². The van der Waals surface area contributed by atoms with E-state index in [1.54, 1.807) is 18.4 Å². The summed E-state index contributed by atoms with van der Waals surface area (Å²) in [7, 11) is 0. The number of carbonyl (C=O) groups is 3. The van der Waals surface area contributed by atoms with E-state index in [-0.39, 0.29) is 36.2 Å². The van der Waals surface area contributed by atoms with Crippen LogP contribution in [0.5, 0.6) is 0 Å². The lowest BCUT2D eigenvalue weighted by Crippen LogP contribution is -2.46. The molecule has 40 heavy (non-hydrogen) atoms. The quantitative estimate of drug-likeness (QED) is 0.315. The molecule has 0 saturated heterocycles. The molecule has 8 nitrogen and oxygen atoms in total. The van der Waals surface area contributed by atoms with Crippen LogP contribution in [0.2, 0.25) is 0 Å². The number of furan rings is 1. The summed E-state index contributed by atoms with van der Waals surface area (Å²) in [6.45, 7) is 13.0. The predicted molar refractivity (Wildman–Crippen MR) is 155 cm³/mol. The van der Waals surface area contributed by atoms with Crippen LogP contribution in [0.1, 0.15) is 88.3 Å². The molecule has 1 aromatic heterocycles. The van der Waals surface area contributed by atoms with E-state index in [9.17, 15) is 14.4 Å². The Hall–Kier alpha value is -3.94. The molecule has 1 aliphatic rings. The number of amides is 2. The molecule has 212 valence electrons. The second kappa shape index (κ2) is 11.3. The molecule has 0 saturated carbocycles. The molecule has 4 rings (SSSR count). The van der Waals surface area contributed by atoms with Crippen LogP contribution in [-0.4, -0.2) is 45.7 Å². The number of hydrogen-bond donors (Lipinski definition) is 2. The molecule has 2 amide bonds. The Morgan fingerprint density at radius 1 is 1.10 bits per heavy atom. The molecule has 0 aliphatic carbocycles. The number of aliphatic carboxylic acids is 1. The summed E-state index contributed by atoms with van der Waals surface area (Å²) < 4.78 is 5.59. The lowest BCUT2D eigenvalue weighted by Gasteiger charge is -2.39. The van der Waals surface area contributed by atoms with Gasteiger partial charge in [0.15, 0.2) is 0 Å². The van der Waals surface area contributed by atoms with Crippen molar-refractivity contribution in [2.45, 2.75) is 72.5 Å². The summed E-state index contributed by atoms with van der Waals surface area (Å²) in [5.41, 5.74) is 2.54. The highest BCUT2D eigenvalue weighted by atomic mass is 16.4. The Balaban J connectivity index is 1.62. The first-order valence-electron chi connectivity index (χ1n) is 13.8. The van der Waals surface area contributed by atoms with Crippen molar-refractivity contribution in [2.75, 3.05) is 6.54 Å². The minimum atomic E-state index is -0.967. The fourth-order valence-corrected chi connectivity index (χ4v) is 5.10. The van der Waals surface area contributed by atoms with Gasteiger partial charge in [-0.15, -0.1) is 0 Å².